The summed E-state index contributed by atoms with van der Waals surface area (Å²) >= 11 is 6.34. The Morgan fingerprint density at radius 3 is 2.27 bits per heavy atom. The van der Waals surface area contributed by atoms with Gasteiger partial charge in [0.15, 0.2) is 0 Å². The summed E-state index contributed by atoms with van der Waals surface area (Å²) in [5.74, 6) is 2.38. The van der Waals surface area contributed by atoms with Crippen LogP contribution in [0.4, 0.5) is 4.39 Å². The highest BCUT2D eigenvalue weighted by atomic mass is 35.5. The van der Waals surface area contributed by atoms with Crippen molar-refractivity contribution in [2.24, 2.45) is 17.6 Å². The molecule has 1 heterocycles. The van der Waals surface area contributed by atoms with E-state index in [4.69, 9.17) is 21.8 Å². The third-order valence-corrected chi connectivity index (χ3v) is 7.61. The van der Waals surface area contributed by atoms with Gasteiger partial charge in [0.05, 0.1) is 12.8 Å². The number of benzene rings is 1. The van der Waals surface area contributed by atoms with Crippen LogP contribution in [-0.2, 0) is 13.1 Å². The zero-order chi connectivity index (χ0) is 20.9. The molecule has 0 atom stereocenters. The van der Waals surface area contributed by atoms with E-state index in [1.807, 2.05) is 12.1 Å². The highest BCUT2D eigenvalue weighted by Gasteiger charge is 2.30. The quantitative estimate of drug-likeness (QED) is 0.540. The summed E-state index contributed by atoms with van der Waals surface area (Å²) in [6.45, 7) is 1.20. The lowest BCUT2D eigenvalue weighted by molar-refractivity contribution is 0.103. The second-order valence-electron chi connectivity index (χ2n) is 9.38. The Balaban J connectivity index is 1.38. The van der Waals surface area contributed by atoms with Crippen molar-refractivity contribution >= 4 is 11.6 Å². The van der Waals surface area contributed by atoms with Gasteiger partial charge >= 0.3 is 0 Å². The fourth-order valence-corrected chi connectivity index (χ4v) is 5.67. The van der Waals surface area contributed by atoms with Gasteiger partial charge in [-0.2, -0.15) is 0 Å². The molecule has 0 amide bonds. The van der Waals surface area contributed by atoms with Crippen LogP contribution in [0.2, 0.25) is 5.02 Å². The van der Waals surface area contributed by atoms with Crippen molar-refractivity contribution in [1.29, 1.82) is 0 Å². The van der Waals surface area contributed by atoms with Crippen LogP contribution in [0.1, 0.15) is 69.1 Å². The Morgan fingerprint density at radius 2 is 1.63 bits per heavy atom. The summed E-state index contributed by atoms with van der Waals surface area (Å²) < 4.78 is 20.1. The van der Waals surface area contributed by atoms with Gasteiger partial charge in [-0.3, -0.25) is 4.90 Å². The first-order chi connectivity index (χ1) is 14.6. The molecule has 164 valence electrons. The summed E-state index contributed by atoms with van der Waals surface area (Å²) in [5, 5.41) is 0.503. The highest BCUT2D eigenvalue weighted by Crippen LogP contribution is 2.37. The minimum absolute atomic E-state index is 0.226. The molecule has 2 aromatic rings. The van der Waals surface area contributed by atoms with Gasteiger partial charge in [-0.15, -0.1) is 0 Å². The van der Waals surface area contributed by atoms with Crippen molar-refractivity contribution in [3.8, 4) is 0 Å². The first-order valence-electron chi connectivity index (χ1n) is 11.5. The lowest BCUT2D eigenvalue weighted by Crippen LogP contribution is -2.38. The predicted octanol–water partition coefficient (Wildman–Crippen LogP) is 6.54. The maximum Gasteiger partial charge on any atom is 0.129 e. The maximum atomic E-state index is 14.5. The van der Waals surface area contributed by atoms with Gasteiger partial charge in [-0.05, 0) is 93.9 Å². The SMILES string of the molecule is NC1CCC(CC2CCC(N(Cc3ccco3)Cc3c(F)cccc3Cl)CC2)CC1. The first kappa shape index (κ1) is 21.9. The molecule has 2 fully saturated rings. The largest absolute Gasteiger partial charge is 0.468 e. The second-order valence-corrected chi connectivity index (χ2v) is 9.78. The lowest BCUT2D eigenvalue weighted by atomic mass is 9.75. The maximum absolute atomic E-state index is 14.5. The normalized spacial score (nSPS) is 27.5. The van der Waals surface area contributed by atoms with Crippen molar-refractivity contribution in [3.63, 3.8) is 0 Å². The molecule has 1 aromatic heterocycles. The van der Waals surface area contributed by atoms with E-state index in [1.165, 1.54) is 51.0 Å². The van der Waals surface area contributed by atoms with Gasteiger partial charge in [0.1, 0.15) is 11.6 Å². The minimum Gasteiger partial charge on any atom is -0.468 e. The van der Waals surface area contributed by atoms with Crippen molar-refractivity contribution < 1.29 is 8.81 Å². The van der Waals surface area contributed by atoms with Crippen LogP contribution in [0.5, 0.6) is 0 Å². The molecule has 0 radical (unpaired) electrons. The molecule has 0 unspecified atom stereocenters. The Morgan fingerprint density at radius 1 is 0.933 bits per heavy atom. The van der Waals surface area contributed by atoms with Crippen LogP contribution < -0.4 is 5.73 Å². The van der Waals surface area contributed by atoms with Gasteiger partial charge in [0.2, 0.25) is 0 Å². The van der Waals surface area contributed by atoms with Gasteiger partial charge < -0.3 is 10.2 Å². The molecular formula is C25H34ClFN2O. The molecule has 2 aliphatic rings. The zero-order valence-electron chi connectivity index (χ0n) is 17.7. The van der Waals surface area contributed by atoms with E-state index in [1.54, 1.807) is 18.4 Å². The van der Waals surface area contributed by atoms with E-state index in [0.717, 1.165) is 30.4 Å². The Hall–Kier alpha value is -1.36. The van der Waals surface area contributed by atoms with E-state index in [9.17, 15) is 4.39 Å². The third-order valence-electron chi connectivity index (χ3n) is 7.25. The number of furan rings is 1. The van der Waals surface area contributed by atoms with Gasteiger partial charge in [-0.1, -0.05) is 17.7 Å². The lowest BCUT2D eigenvalue weighted by Gasteiger charge is -2.38. The molecule has 4 rings (SSSR count). The Bertz CT molecular complexity index is 760. The van der Waals surface area contributed by atoms with E-state index < -0.39 is 0 Å². The average molecular weight is 433 g/mol. The zero-order valence-corrected chi connectivity index (χ0v) is 18.5. The molecule has 0 spiro atoms. The summed E-state index contributed by atoms with van der Waals surface area (Å²) in [5.41, 5.74) is 6.66. The minimum atomic E-state index is -0.226. The van der Waals surface area contributed by atoms with Crippen molar-refractivity contribution in [2.45, 2.75) is 83.0 Å². The van der Waals surface area contributed by atoms with Crippen LogP contribution in [0.25, 0.3) is 0 Å². The Kier molecular flexibility index (Phi) is 7.50. The molecule has 5 heteroatoms. The topological polar surface area (TPSA) is 42.4 Å². The van der Waals surface area contributed by atoms with Crippen LogP contribution in [-0.4, -0.2) is 17.0 Å². The molecule has 30 heavy (non-hydrogen) atoms. The van der Waals surface area contributed by atoms with Crippen molar-refractivity contribution in [2.75, 3.05) is 0 Å². The summed E-state index contributed by atoms with van der Waals surface area (Å²) in [6, 6.07) is 9.71. The van der Waals surface area contributed by atoms with E-state index in [0.29, 0.717) is 35.8 Å². The standard InChI is InChI=1S/C25H34ClFN2O/c26-24-4-1-5-25(27)23(24)17-29(16-22-3-2-14-30-22)21-12-8-19(9-13-21)15-18-6-10-20(28)11-7-18/h1-5,14,18-21H,6-13,15-17,28H2. The molecule has 2 aliphatic carbocycles. The Labute approximate surface area is 184 Å². The fraction of sp³-hybridized carbons (Fsp3) is 0.600. The smallest absolute Gasteiger partial charge is 0.129 e. The van der Waals surface area contributed by atoms with Gasteiger partial charge in [0.25, 0.3) is 0 Å². The summed E-state index contributed by atoms with van der Waals surface area (Å²) in [4.78, 5) is 2.36. The number of rotatable bonds is 7. The average Bonchev–Trinajstić information content (AvgIpc) is 3.25. The first-order valence-corrected chi connectivity index (χ1v) is 11.9. The molecule has 0 bridgehead atoms. The predicted molar refractivity (Wildman–Crippen MR) is 120 cm³/mol. The number of hydrogen-bond acceptors (Lipinski definition) is 3. The van der Waals surface area contributed by atoms with E-state index in [2.05, 4.69) is 4.90 Å². The van der Waals surface area contributed by atoms with Gasteiger partial charge in [-0.25, -0.2) is 4.39 Å². The van der Waals surface area contributed by atoms with Crippen LogP contribution in [0, 0.1) is 17.7 Å². The monoisotopic (exact) mass is 432 g/mol. The summed E-state index contributed by atoms with van der Waals surface area (Å²) in [7, 11) is 0. The van der Waals surface area contributed by atoms with Crippen LogP contribution in [0.3, 0.4) is 0 Å². The number of halogens is 2. The van der Waals surface area contributed by atoms with Gasteiger partial charge in [0, 0.05) is 29.2 Å². The molecule has 1 aromatic carbocycles. The van der Waals surface area contributed by atoms with Crippen LogP contribution >= 0.6 is 11.6 Å². The molecule has 0 aliphatic heterocycles. The molecule has 2 N–H and O–H groups in total. The molecule has 2 saturated carbocycles. The fourth-order valence-electron chi connectivity index (χ4n) is 5.44. The van der Waals surface area contributed by atoms with E-state index in [-0.39, 0.29) is 5.82 Å². The number of hydrogen-bond donors (Lipinski definition) is 1. The molecule has 0 saturated heterocycles. The van der Waals surface area contributed by atoms with Crippen molar-refractivity contribution in [3.05, 3.63) is 58.8 Å². The second kappa shape index (κ2) is 10.3. The molecular weight excluding hydrogens is 399 g/mol. The highest BCUT2D eigenvalue weighted by molar-refractivity contribution is 6.31. The number of nitrogens with two attached hydrogens (primary N) is 1. The summed E-state index contributed by atoms with van der Waals surface area (Å²) in [6.07, 6.45) is 12.9. The van der Waals surface area contributed by atoms with Crippen molar-refractivity contribution in [1.82, 2.24) is 4.90 Å². The number of nitrogens with zero attached hydrogens (tertiary/aromatic N) is 1. The molecule has 3 nitrogen and oxygen atoms in total. The van der Waals surface area contributed by atoms with E-state index >= 15 is 0 Å². The third kappa shape index (κ3) is 5.66. The van der Waals surface area contributed by atoms with Crippen LogP contribution in [0.15, 0.2) is 41.0 Å².